The van der Waals surface area contributed by atoms with Crippen molar-refractivity contribution < 1.29 is 9.84 Å². The molecule has 0 aromatic heterocycles. The van der Waals surface area contributed by atoms with Gasteiger partial charge in [0.15, 0.2) is 0 Å². The molecule has 1 aliphatic rings. The first-order valence-corrected chi connectivity index (χ1v) is 4.22. The molecule has 0 aromatic rings. The summed E-state index contributed by atoms with van der Waals surface area (Å²) in [6.07, 6.45) is 1.92. The fourth-order valence-corrected chi connectivity index (χ4v) is 1.45. The van der Waals surface area contributed by atoms with Crippen LogP contribution >= 0.6 is 0 Å². The average molecular weight is 159 g/mol. The molecule has 0 bridgehead atoms. The molecule has 1 atom stereocenters. The van der Waals surface area contributed by atoms with Crippen LogP contribution in [0, 0.1) is 0 Å². The lowest BCUT2D eigenvalue weighted by molar-refractivity contribution is 0.159. The second-order valence-corrected chi connectivity index (χ2v) is 3.09. The lowest BCUT2D eigenvalue weighted by Crippen LogP contribution is -2.23. The topological polar surface area (TPSA) is 32.7 Å². The predicted molar refractivity (Wildman–Crippen MR) is 43.6 cm³/mol. The van der Waals surface area contributed by atoms with Gasteiger partial charge in [-0.05, 0) is 12.8 Å². The van der Waals surface area contributed by atoms with Crippen molar-refractivity contribution in [3.8, 4) is 0 Å². The number of aliphatic hydroxyl groups is 1. The summed E-state index contributed by atoms with van der Waals surface area (Å²) in [6, 6.07) is 0. The Bertz CT molecular complexity index is 108. The Kier molecular flexibility index (Phi) is 3.83. The number of likely N-dealkylation sites (tertiary alicyclic amines) is 1. The number of aliphatic hydroxyl groups excluding tert-OH is 1. The second kappa shape index (κ2) is 4.70. The second-order valence-electron chi connectivity index (χ2n) is 3.09. The van der Waals surface area contributed by atoms with Crippen molar-refractivity contribution in [1.29, 1.82) is 0 Å². The number of hydrogen-bond acceptors (Lipinski definition) is 3. The Labute approximate surface area is 68.0 Å². The predicted octanol–water partition coefficient (Wildman–Crippen LogP) is 0.0895. The van der Waals surface area contributed by atoms with Crippen molar-refractivity contribution in [2.24, 2.45) is 0 Å². The van der Waals surface area contributed by atoms with Crippen molar-refractivity contribution in [1.82, 2.24) is 4.90 Å². The molecule has 1 N–H and O–H groups in total. The molecule has 11 heavy (non-hydrogen) atoms. The van der Waals surface area contributed by atoms with Crippen molar-refractivity contribution in [2.75, 3.05) is 33.4 Å². The molecule has 0 unspecified atom stereocenters. The molecule has 1 fully saturated rings. The van der Waals surface area contributed by atoms with Gasteiger partial charge in [-0.25, -0.2) is 0 Å². The van der Waals surface area contributed by atoms with Gasteiger partial charge in [0.25, 0.3) is 0 Å². The molecule has 0 spiro atoms. The van der Waals surface area contributed by atoms with Crippen molar-refractivity contribution in [3.63, 3.8) is 0 Å². The molecule has 0 saturated carbocycles. The van der Waals surface area contributed by atoms with Crippen LogP contribution < -0.4 is 0 Å². The van der Waals surface area contributed by atoms with Gasteiger partial charge in [-0.1, -0.05) is 0 Å². The maximum Gasteiger partial charge on any atom is 0.0679 e. The van der Waals surface area contributed by atoms with Crippen LogP contribution in [0.15, 0.2) is 0 Å². The van der Waals surface area contributed by atoms with Crippen LogP contribution in [0.1, 0.15) is 12.8 Å². The zero-order valence-corrected chi connectivity index (χ0v) is 7.12. The molecule has 0 aromatic carbocycles. The highest BCUT2D eigenvalue weighted by Crippen LogP contribution is 2.08. The summed E-state index contributed by atoms with van der Waals surface area (Å²) in [7, 11) is 1.72. The van der Waals surface area contributed by atoms with Crippen LogP contribution in [0.25, 0.3) is 0 Å². The highest BCUT2D eigenvalue weighted by atomic mass is 16.5. The zero-order chi connectivity index (χ0) is 8.10. The molecule has 1 saturated heterocycles. The first-order chi connectivity index (χ1) is 5.33. The number of hydrogen-bond donors (Lipinski definition) is 1. The minimum Gasteiger partial charge on any atom is -0.392 e. The van der Waals surface area contributed by atoms with Gasteiger partial charge in [-0.15, -0.1) is 0 Å². The van der Waals surface area contributed by atoms with E-state index in [1.54, 1.807) is 7.11 Å². The molecule has 66 valence electrons. The number of methoxy groups -OCH3 is 1. The quantitative estimate of drug-likeness (QED) is 0.590. The van der Waals surface area contributed by atoms with Crippen LogP contribution in [0.5, 0.6) is 0 Å². The van der Waals surface area contributed by atoms with Crippen LogP contribution in [-0.2, 0) is 4.74 Å². The van der Waals surface area contributed by atoms with Gasteiger partial charge in [0.1, 0.15) is 0 Å². The summed E-state index contributed by atoms with van der Waals surface area (Å²) < 4.78 is 4.94. The van der Waals surface area contributed by atoms with E-state index in [2.05, 4.69) is 4.90 Å². The third-order valence-electron chi connectivity index (χ3n) is 2.07. The molecule has 0 radical (unpaired) electrons. The lowest BCUT2D eigenvalue weighted by Gasteiger charge is -2.13. The molecule has 3 heteroatoms. The molecule has 1 aliphatic heterocycles. The smallest absolute Gasteiger partial charge is 0.0679 e. The Morgan fingerprint density at radius 3 is 3.00 bits per heavy atom. The summed E-state index contributed by atoms with van der Waals surface area (Å²) in [5.74, 6) is 0. The third kappa shape index (κ3) is 3.18. The van der Waals surface area contributed by atoms with Crippen molar-refractivity contribution in [3.05, 3.63) is 0 Å². The third-order valence-corrected chi connectivity index (χ3v) is 2.07. The first kappa shape index (κ1) is 8.97. The van der Waals surface area contributed by atoms with E-state index in [-0.39, 0.29) is 6.10 Å². The summed E-state index contributed by atoms with van der Waals surface area (Å²) in [6.45, 7) is 3.78. The monoisotopic (exact) mass is 159 g/mol. The van der Waals surface area contributed by atoms with E-state index in [4.69, 9.17) is 4.74 Å². The Morgan fingerprint density at radius 2 is 2.45 bits per heavy atom. The molecule has 0 aliphatic carbocycles. The van der Waals surface area contributed by atoms with Crippen LogP contribution in [0.2, 0.25) is 0 Å². The fourth-order valence-electron chi connectivity index (χ4n) is 1.45. The van der Waals surface area contributed by atoms with E-state index >= 15 is 0 Å². The van der Waals surface area contributed by atoms with Gasteiger partial charge in [-0.2, -0.15) is 0 Å². The van der Waals surface area contributed by atoms with E-state index in [1.165, 1.54) is 0 Å². The molecule has 0 amide bonds. The molecule has 1 rings (SSSR count). The highest BCUT2D eigenvalue weighted by Gasteiger charge is 2.18. The molecule has 3 nitrogen and oxygen atoms in total. The average Bonchev–Trinajstić information content (AvgIpc) is 2.37. The summed E-state index contributed by atoms with van der Waals surface area (Å²) in [5, 5.41) is 9.18. The molecular formula is C8H17NO2. The Hall–Kier alpha value is -0.120. The minimum atomic E-state index is -0.0856. The maximum absolute atomic E-state index is 9.18. The number of rotatable bonds is 4. The van der Waals surface area contributed by atoms with Crippen molar-refractivity contribution in [2.45, 2.75) is 18.9 Å². The van der Waals surface area contributed by atoms with Gasteiger partial charge in [0.05, 0.1) is 6.10 Å². The Balaban J connectivity index is 1.99. The van der Waals surface area contributed by atoms with Crippen LogP contribution in [-0.4, -0.2) is 49.5 Å². The summed E-state index contributed by atoms with van der Waals surface area (Å²) in [5.41, 5.74) is 0. The first-order valence-electron chi connectivity index (χ1n) is 4.22. The summed E-state index contributed by atoms with van der Waals surface area (Å²) in [4.78, 5) is 2.28. The number of ether oxygens (including phenoxy) is 1. The van der Waals surface area contributed by atoms with Gasteiger partial charge in [0, 0.05) is 33.4 Å². The van der Waals surface area contributed by atoms with Gasteiger partial charge in [-0.3, -0.25) is 0 Å². The maximum atomic E-state index is 9.18. The van der Waals surface area contributed by atoms with Gasteiger partial charge < -0.3 is 14.7 Å². The molecular weight excluding hydrogens is 142 g/mol. The SMILES string of the molecule is COCCCN1CC[C@@H](O)C1. The van der Waals surface area contributed by atoms with E-state index in [0.29, 0.717) is 0 Å². The number of nitrogens with zero attached hydrogens (tertiary/aromatic N) is 1. The Morgan fingerprint density at radius 1 is 1.64 bits per heavy atom. The van der Waals surface area contributed by atoms with Gasteiger partial charge in [0.2, 0.25) is 0 Å². The zero-order valence-electron chi connectivity index (χ0n) is 7.12. The fraction of sp³-hybridized carbons (Fsp3) is 1.00. The van der Waals surface area contributed by atoms with E-state index in [0.717, 1.165) is 39.1 Å². The minimum absolute atomic E-state index is 0.0856. The summed E-state index contributed by atoms with van der Waals surface area (Å²) >= 11 is 0. The van der Waals surface area contributed by atoms with Crippen LogP contribution in [0.3, 0.4) is 0 Å². The van der Waals surface area contributed by atoms with E-state index in [1.807, 2.05) is 0 Å². The van der Waals surface area contributed by atoms with E-state index in [9.17, 15) is 5.11 Å². The highest BCUT2D eigenvalue weighted by molar-refractivity contribution is 4.73. The normalized spacial score (nSPS) is 26.2. The number of β-amino-alcohol motifs (C(OH)–C–C–N with tert-alkyl or cyclic N) is 1. The standard InChI is InChI=1S/C8H17NO2/c1-11-6-2-4-9-5-3-8(10)7-9/h8,10H,2-7H2,1H3/t8-/m1/s1. The van der Waals surface area contributed by atoms with E-state index < -0.39 is 0 Å². The molecule has 1 heterocycles. The van der Waals surface area contributed by atoms with Gasteiger partial charge >= 0.3 is 0 Å². The van der Waals surface area contributed by atoms with Crippen LogP contribution in [0.4, 0.5) is 0 Å². The van der Waals surface area contributed by atoms with Crippen molar-refractivity contribution >= 4 is 0 Å². The lowest BCUT2D eigenvalue weighted by atomic mass is 10.3. The largest absolute Gasteiger partial charge is 0.392 e.